The third kappa shape index (κ3) is 4.70. The molecule has 2 N–H and O–H groups in total. The summed E-state index contributed by atoms with van der Waals surface area (Å²) >= 11 is 0. The van der Waals surface area contributed by atoms with Gasteiger partial charge in [0.25, 0.3) is 0 Å². The third-order valence-corrected chi connectivity index (χ3v) is 3.50. The van der Waals surface area contributed by atoms with E-state index in [0.29, 0.717) is 13.1 Å². The highest BCUT2D eigenvalue weighted by Crippen LogP contribution is 2.15. The smallest absolute Gasteiger partial charge is 0.317 e. The van der Waals surface area contributed by atoms with Crippen LogP contribution in [0.5, 0.6) is 0 Å². The van der Waals surface area contributed by atoms with Gasteiger partial charge in [0, 0.05) is 38.3 Å². The number of piperazine rings is 1. The van der Waals surface area contributed by atoms with Gasteiger partial charge in [0.05, 0.1) is 5.92 Å². The van der Waals surface area contributed by atoms with E-state index in [1.165, 1.54) is 0 Å². The maximum Gasteiger partial charge on any atom is 0.317 e. The Morgan fingerprint density at radius 1 is 1.21 bits per heavy atom. The molecule has 0 aliphatic carbocycles. The molecule has 19 heavy (non-hydrogen) atoms. The number of nitrogens with zero attached hydrogens (tertiary/aromatic N) is 2. The number of carbonyl (C=O) groups excluding carboxylic acids is 1. The molecule has 1 aliphatic heterocycles. The Morgan fingerprint density at radius 3 is 2.16 bits per heavy atom. The lowest BCUT2D eigenvalue weighted by molar-refractivity contribution is -0.140. The monoisotopic (exact) mass is 271 g/mol. The lowest BCUT2D eigenvalue weighted by Crippen LogP contribution is -2.56. The van der Waals surface area contributed by atoms with Crippen molar-refractivity contribution >= 4 is 12.0 Å². The topological polar surface area (TPSA) is 72.9 Å². The Morgan fingerprint density at radius 2 is 1.74 bits per heavy atom. The van der Waals surface area contributed by atoms with E-state index in [2.05, 4.69) is 31.0 Å². The maximum atomic E-state index is 11.9. The summed E-state index contributed by atoms with van der Waals surface area (Å²) < 4.78 is 0. The lowest BCUT2D eigenvalue weighted by atomic mass is 10.1. The molecule has 2 amide bonds. The maximum absolute atomic E-state index is 11.9. The standard InChI is InChI=1S/C13H25N3O3/c1-10(11(17)18)9-14-12(19)15-5-7-16(8-6-15)13(2,3)4/h10H,5-9H2,1-4H3,(H,14,19)(H,17,18). The molecule has 0 spiro atoms. The first-order valence-corrected chi connectivity index (χ1v) is 6.72. The first-order valence-electron chi connectivity index (χ1n) is 6.72. The van der Waals surface area contributed by atoms with Crippen molar-refractivity contribution in [2.45, 2.75) is 33.2 Å². The number of nitrogens with one attached hydrogen (secondary N) is 1. The van der Waals surface area contributed by atoms with E-state index in [0.717, 1.165) is 13.1 Å². The molecule has 1 rings (SSSR count). The van der Waals surface area contributed by atoms with E-state index >= 15 is 0 Å². The summed E-state index contributed by atoms with van der Waals surface area (Å²) in [6.07, 6.45) is 0. The van der Waals surface area contributed by atoms with Crippen molar-refractivity contribution in [1.29, 1.82) is 0 Å². The molecule has 1 saturated heterocycles. The quantitative estimate of drug-likeness (QED) is 0.797. The van der Waals surface area contributed by atoms with Crippen LogP contribution in [0.2, 0.25) is 0 Å². The fourth-order valence-corrected chi connectivity index (χ4v) is 2.02. The summed E-state index contributed by atoms with van der Waals surface area (Å²) in [6, 6.07) is -0.165. The molecule has 1 unspecified atom stereocenters. The van der Waals surface area contributed by atoms with Crippen molar-refractivity contribution in [2.24, 2.45) is 5.92 Å². The first-order chi connectivity index (χ1) is 8.71. The van der Waals surface area contributed by atoms with Crippen LogP contribution in [0.3, 0.4) is 0 Å². The van der Waals surface area contributed by atoms with Gasteiger partial charge in [0.15, 0.2) is 0 Å². The fraction of sp³-hybridized carbons (Fsp3) is 0.846. The van der Waals surface area contributed by atoms with Gasteiger partial charge >= 0.3 is 12.0 Å². The summed E-state index contributed by atoms with van der Waals surface area (Å²) in [4.78, 5) is 26.6. The molecule has 6 heteroatoms. The second-order valence-corrected chi connectivity index (χ2v) is 6.07. The molecule has 0 aromatic heterocycles. The number of hydrogen-bond acceptors (Lipinski definition) is 3. The van der Waals surface area contributed by atoms with Gasteiger partial charge in [-0.1, -0.05) is 6.92 Å². The Balaban J connectivity index is 2.35. The minimum atomic E-state index is -0.891. The number of urea groups is 1. The van der Waals surface area contributed by atoms with Gasteiger partial charge in [-0.25, -0.2) is 4.79 Å². The lowest BCUT2D eigenvalue weighted by Gasteiger charge is -2.42. The van der Waals surface area contributed by atoms with Crippen molar-refractivity contribution in [2.75, 3.05) is 32.7 Å². The van der Waals surface area contributed by atoms with Crippen molar-refractivity contribution < 1.29 is 14.7 Å². The summed E-state index contributed by atoms with van der Waals surface area (Å²) in [7, 11) is 0. The molecule has 1 aliphatic rings. The molecular weight excluding hydrogens is 246 g/mol. The van der Waals surface area contributed by atoms with Crippen LogP contribution < -0.4 is 5.32 Å². The third-order valence-electron chi connectivity index (χ3n) is 3.50. The zero-order valence-corrected chi connectivity index (χ0v) is 12.3. The minimum Gasteiger partial charge on any atom is -0.481 e. The van der Waals surface area contributed by atoms with Crippen LogP contribution >= 0.6 is 0 Å². The van der Waals surface area contributed by atoms with Crippen LogP contribution in [0.1, 0.15) is 27.7 Å². The Kier molecular flexibility index (Phi) is 5.17. The van der Waals surface area contributed by atoms with Crippen LogP contribution in [0.15, 0.2) is 0 Å². The number of hydrogen-bond donors (Lipinski definition) is 2. The second kappa shape index (κ2) is 6.23. The minimum absolute atomic E-state index is 0.125. The van der Waals surface area contributed by atoms with Gasteiger partial charge in [0.1, 0.15) is 0 Å². The van der Waals surface area contributed by atoms with Crippen molar-refractivity contribution in [3.63, 3.8) is 0 Å². The average Bonchev–Trinajstić information content (AvgIpc) is 2.34. The Hall–Kier alpha value is -1.30. The van der Waals surface area contributed by atoms with Crippen molar-refractivity contribution in [1.82, 2.24) is 15.1 Å². The van der Waals surface area contributed by atoms with Crippen LogP contribution in [0.25, 0.3) is 0 Å². The molecule has 1 heterocycles. The molecule has 0 aromatic carbocycles. The van der Waals surface area contributed by atoms with Gasteiger partial charge in [-0.2, -0.15) is 0 Å². The van der Waals surface area contributed by atoms with Crippen LogP contribution in [-0.2, 0) is 4.79 Å². The van der Waals surface area contributed by atoms with Crippen molar-refractivity contribution in [3.8, 4) is 0 Å². The van der Waals surface area contributed by atoms with E-state index in [1.54, 1.807) is 11.8 Å². The summed E-state index contributed by atoms with van der Waals surface area (Å²) in [5, 5.41) is 11.4. The fourth-order valence-electron chi connectivity index (χ4n) is 2.02. The van der Waals surface area contributed by atoms with Gasteiger partial charge in [0.2, 0.25) is 0 Å². The zero-order chi connectivity index (χ0) is 14.6. The Labute approximate surface area is 114 Å². The van der Waals surface area contributed by atoms with Gasteiger partial charge in [-0.3, -0.25) is 9.69 Å². The van der Waals surface area contributed by atoms with E-state index in [9.17, 15) is 9.59 Å². The van der Waals surface area contributed by atoms with Gasteiger partial charge in [-0.05, 0) is 20.8 Å². The predicted molar refractivity (Wildman–Crippen MR) is 73.1 cm³/mol. The second-order valence-electron chi connectivity index (χ2n) is 6.07. The molecular formula is C13H25N3O3. The number of carboxylic acid groups (broad SMARTS) is 1. The van der Waals surface area contributed by atoms with Crippen LogP contribution in [0, 0.1) is 5.92 Å². The number of rotatable bonds is 3. The zero-order valence-electron chi connectivity index (χ0n) is 12.3. The molecule has 6 nitrogen and oxygen atoms in total. The molecule has 0 saturated carbocycles. The average molecular weight is 271 g/mol. The first kappa shape index (κ1) is 15.8. The molecule has 0 bridgehead atoms. The van der Waals surface area contributed by atoms with Crippen molar-refractivity contribution in [3.05, 3.63) is 0 Å². The van der Waals surface area contributed by atoms with Gasteiger partial charge < -0.3 is 15.3 Å². The highest BCUT2D eigenvalue weighted by atomic mass is 16.4. The largest absolute Gasteiger partial charge is 0.481 e. The number of carbonyl (C=O) groups is 2. The van der Waals surface area contributed by atoms with Crippen LogP contribution in [0.4, 0.5) is 4.79 Å². The van der Waals surface area contributed by atoms with Gasteiger partial charge in [-0.15, -0.1) is 0 Å². The van der Waals surface area contributed by atoms with E-state index in [-0.39, 0.29) is 18.1 Å². The van der Waals surface area contributed by atoms with E-state index in [1.807, 2.05) is 0 Å². The SMILES string of the molecule is CC(CNC(=O)N1CCN(C(C)(C)C)CC1)C(=O)O. The number of carboxylic acids is 1. The highest BCUT2D eigenvalue weighted by Gasteiger charge is 2.27. The molecule has 110 valence electrons. The Bertz CT molecular complexity index is 331. The van der Waals surface area contributed by atoms with E-state index in [4.69, 9.17) is 5.11 Å². The number of aliphatic carboxylic acids is 1. The molecule has 1 atom stereocenters. The summed E-state index contributed by atoms with van der Waals surface area (Å²) in [6.45, 7) is 11.3. The molecule has 0 aromatic rings. The number of amides is 2. The predicted octanol–water partition coefficient (Wildman–Crippen LogP) is 0.833. The highest BCUT2D eigenvalue weighted by molar-refractivity contribution is 5.76. The molecule has 1 fully saturated rings. The summed E-state index contributed by atoms with van der Waals surface area (Å²) in [5.74, 6) is -1.45. The van der Waals surface area contributed by atoms with E-state index < -0.39 is 11.9 Å². The normalized spacial score (nSPS) is 19.1. The molecule has 0 radical (unpaired) electrons. The summed E-state index contributed by atoms with van der Waals surface area (Å²) in [5.41, 5.74) is 0.125. The van der Waals surface area contributed by atoms with Crippen LogP contribution in [-0.4, -0.2) is 65.2 Å².